The van der Waals surface area contributed by atoms with Crippen molar-refractivity contribution in [2.75, 3.05) is 73.6 Å². The Hall–Kier alpha value is -2.65. The summed E-state index contributed by atoms with van der Waals surface area (Å²) in [6, 6.07) is 5.76. The van der Waals surface area contributed by atoms with Crippen molar-refractivity contribution in [2.45, 2.75) is 76.7 Å². The van der Waals surface area contributed by atoms with Gasteiger partial charge in [-0.3, -0.25) is 19.3 Å². The van der Waals surface area contributed by atoms with E-state index in [1.165, 1.54) is 0 Å². The maximum atomic E-state index is 13.8. The van der Waals surface area contributed by atoms with Crippen LogP contribution in [-0.4, -0.2) is 122 Å². The minimum atomic E-state index is -0.829. The van der Waals surface area contributed by atoms with Crippen molar-refractivity contribution in [3.63, 3.8) is 0 Å². The quantitative estimate of drug-likeness (QED) is 0.250. The number of rotatable bonds is 15. The third-order valence-electron chi connectivity index (χ3n) is 9.27. The Kier molecular flexibility index (Phi) is 11.3. The lowest BCUT2D eigenvalue weighted by Gasteiger charge is -2.32. The Balaban J connectivity index is 1.53. The molecule has 1 aromatic rings. The molecule has 234 valence electrons. The van der Waals surface area contributed by atoms with E-state index in [0.717, 1.165) is 92.5 Å². The van der Waals surface area contributed by atoms with Crippen LogP contribution in [0, 0.1) is 5.92 Å². The summed E-state index contributed by atoms with van der Waals surface area (Å²) in [5.41, 5.74) is 2.13. The molecule has 0 radical (unpaired) electrons. The molecule has 3 aliphatic heterocycles. The number of ether oxygens (including phenoxy) is 1. The number of amides is 2. The van der Waals surface area contributed by atoms with E-state index in [4.69, 9.17) is 4.74 Å². The first-order chi connectivity index (χ1) is 20.1. The molecule has 2 saturated heterocycles. The average molecular weight is 586 g/mol. The van der Waals surface area contributed by atoms with Gasteiger partial charge in [0.15, 0.2) is 0 Å². The van der Waals surface area contributed by atoms with Crippen molar-refractivity contribution < 1.29 is 28.7 Å². The van der Waals surface area contributed by atoms with Crippen LogP contribution in [0.1, 0.15) is 75.3 Å². The van der Waals surface area contributed by atoms with Crippen LogP contribution in [0.25, 0.3) is 0 Å². The van der Waals surface area contributed by atoms with Gasteiger partial charge in [0, 0.05) is 57.5 Å². The minimum absolute atomic E-state index is 0.0832. The molecule has 0 saturated carbocycles. The van der Waals surface area contributed by atoms with Crippen molar-refractivity contribution in [2.24, 2.45) is 5.92 Å². The molecule has 0 bridgehead atoms. The molecule has 42 heavy (non-hydrogen) atoms. The first-order valence-corrected chi connectivity index (χ1v) is 16.2. The lowest BCUT2D eigenvalue weighted by molar-refractivity contribution is -0.870. The number of carbonyl (C=O) groups excluding carboxylic acids is 2. The Morgan fingerprint density at radius 2 is 1.88 bits per heavy atom. The van der Waals surface area contributed by atoms with Crippen molar-refractivity contribution in [1.29, 1.82) is 0 Å². The fourth-order valence-electron chi connectivity index (χ4n) is 6.89. The average Bonchev–Trinajstić information content (AvgIpc) is 3.55. The Morgan fingerprint density at radius 1 is 1.10 bits per heavy atom. The second kappa shape index (κ2) is 14.7. The number of fused-ring (bicyclic) bond motifs is 1. The highest BCUT2D eigenvalue weighted by molar-refractivity contribution is 5.79. The van der Waals surface area contributed by atoms with Gasteiger partial charge in [-0.2, -0.15) is 0 Å². The van der Waals surface area contributed by atoms with E-state index < -0.39 is 11.9 Å². The molecule has 1 N–H and O–H groups in total. The third-order valence-corrected chi connectivity index (χ3v) is 9.27. The summed E-state index contributed by atoms with van der Waals surface area (Å²) >= 11 is 0. The summed E-state index contributed by atoms with van der Waals surface area (Å²) < 4.78 is 6.61. The standard InChI is InChI=1S/C33H52N4O5/c1-5-6-16-34(18-9-10-20-37(2,3)4)31(39)24-36-23-27(25-12-13-29-26(22-25)15-21-42-29)32(33(40)41)28(36)14-19-35-17-8-7-11-30(35)38/h12-13,22,27-28,32H,5-11,14-21,23-24H2,1-4H3/p+1/t27-,28+,32-/m1/s1. The molecule has 0 unspecified atom stereocenters. The Labute approximate surface area is 252 Å². The van der Waals surface area contributed by atoms with E-state index >= 15 is 0 Å². The maximum Gasteiger partial charge on any atom is 0.308 e. The lowest BCUT2D eigenvalue weighted by atomic mass is 9.83. The highest BCUT2D eigenvalue weighted by atomic mass is 16.5. The number of carboxylic acids is 1. The lowest BCUT2D eigenvalue weighted by Crippen LogP contribution is -2.46. The zero-order valence-electron chi connectivity index (χ0n) is 26.4. The number of likely N-dealkylation sites (tertiary alicyclic amines) is 2. The van der Waals surface area contributed by atoms with Gasteiger partial charge in [-0.15, -0.1) is 0 Å². The number of carbonyl (C=O) groups is 3. The monoisotopic (exact) mass is 585 g/mol. The van der Waals surface area contributed by atoms with Gasteiger partial charge in [-0.1, -0.05) is 25.5 Å². The Morgan fingerprint density at radius 3 is 2.60 bits per heavy atom. The number of carboxylic acid groups (broad SMARTS) is 1. The van der Waals surface area contributed by atoms with Crippen LogP contribution in [0.4, 0.5) is 0 Å². The molecule has 0 aromatic heterocycles. The number of benzene rings is 1. The molecule has 4 rings (SSSR count). The highest BCUT2D eigenvalue weighted by Gasteiger charge is 2.47. The fourth-order valence-corrected chi connectivity index (χ4v) is 6.89. The first-order valence-electron chi connectivity index (χ1n) is 16.2. The van der Waals surface area contributed by atoms with Gasteiger partial charge in [-0.25, -0.2) is 0 Å². The zero-order chi connectivity index (χ0) is 30.3. The van der Waals surface area contributed by atoms with Crippen molar-refractivity contribution in [3.05, 3.63) is 29.3 Å². The molecular formula is C33H53N4O5+. The smallest absolute Gasteiger partial charge is 0.308 e. The van der Waals surface area contributed by atoms with Crippen LogP contribution in [0.3, 0.4) is 0 Å². The number of quaternary nitrogens is 1. The summed E-state index contributed by atoms with van der Waals surface area (Å²) in [6.07, 6.45) is 7.85. The molecule has 0 aliphatic carbocycles. The summed E-state index contributed by atoms with van der Waals surface area (Å²) in [5.74, 6) is -0.579. The number of unbranched alkanes of at least 4 members (excludes halogenated alkanes) is 2. The third kappa shape index (κ3) is 8.47. The van der Waals surface area contributed by atoms with E-state index in [-0.39, 0.29) is 30.3 Å². The van der Waals surface area contributed by atoms with Crippen LogP contribution in [0.15, 0.2) is 18.2 Å². The van der Waals surface area contributed by atoms with E-state index in [0.29, 0.717) is 32.5 Å². The van der Waals surface area contributed by atoms with E-state index in [1.54, 1.807) is 0 Å². The van der Waals surface area contributed by atoms with Gasteiger partial charge in [0.2, 0.25) is 11.8 Å². The summed E-state index contributed by atoms with van der Waals surface area (Å²) in [5, 5.41) is 10.6. The topological polar surface area (TPSA) is 90.4 Å². The molecular weight excluding hydrogens is 532 g/mol. The van der Waals surface area contributed by atoms with Gasteiger partial charge in [-0.05, 0) is 55.7 Å². The SMILES string of the molecule is CCCCN(CCCC[N+](C)(C)C)C(=O)CN1C[C@H](c2ccc3c(c2)CCO3)[C@@H](C(=O)O)[C@@H]1CCN1CCCCC1=O. The second-order valence-electron chi connectivity index (χ2n) is 13.5. The fraction of sp³-hybridized carbons (Fsp3) is 0.727. The molecule has 3 heterocycles. The first kappa shape index (κ1) is 32.3. The molecule has 9 nitrogen and oxygen atoms in total. The van der Waals surface area contributed by atoms with Crippen molar-refractivity contribution in [3.8, 4) is 5.75 Å². The summed E-state index contributed by atoms with van der Waals surface area (Å²) in [7, 11) is 6.57. The van der Waals surface area contributed by atoms with Crippen LogP contribution in [-0.2, 0) is 20.8 Å². The van der Waals surface area contributed by atoms with Crippen molar-refractivity contribution in [1.82, 2.24) is 14.7 Å². The number of nitrogens with zero attached hydrogens (tertiary/aromatic N) is 4. The predicted octanol–water partition coefficient (Wildman–Crippen LogP) is 3.61. The van der Waals surface area contributed by atoms with Gasteiger partial charge in [0.25, 0.3) is 0 Å². The molecule has 2 fully saturated rings. The van der Waals surface area contributed by atoms with Crippen LogP contribution in [0.5, 0.6) is 5.75 Å². The minimum Gasteiger partial charge on any atom is -0.493 e. The molecule has 2 amide bonds. The highest BCUT2D eigenvalue weighted by Crippen LogP contribution is 2.41. The number of aliphatic carboxylic acids is 1. The zero-order valence-corrected chi connectivity index (χ0v) is 26.4. The Bertz CT molecular complexity index is 1090. The van der Waals surface area contributed by atoms with Crippen LogP contribution >= 0.6 is 0 Å². The normalized spacial score (nSPS) is 22.7. The largest absolute Gasteiger partial charge is 0.493 e. The molecule has 9 heteroatoms. The van der Waals surface area contributed by atoms with E-state index in [9.17, 15) is 19.5 Å². The van der Waals surface area contributed by atoms with Crippen molar-refractivity contribution >= 4 is 17.8 Å². The number of piperidine rings is 1. The number of hydrogen-bond donors (Lipinski definition) is 1. The van der Waals surface area contributed by atoms with Gasteiger partial charge in [0.05, 0.1) is 46.8 Å². The molecule has 3 aliphatic rings. The van der Waals surface area contributed by atoms with Gasteiger partial charge in [0.1, 0.15) is 5.75 Å². The van der Waals surface area contributed by atoms with Crippen LogP contribution in [0.2, 0.25) is 0 Å². The maximum absolute atomic E-state index is 13.8. The molecule has 0 spiro atoms. The van der Waals surface area contributed by atoms with Gasteiger partial charge < -0.3 is 24.1 Å². The van der Waals surface area contributed by atoms with E-state index in [1.807, 2.05) is 21.9 Å². The van der Waals surface area contributed by atoms with E-state index in [2.05, 4.69) is 39.0 Å². The van der Waals surface area contributed by atoms with Crippen LogP contribution < -0.4 is 4.74 Å². The molecule has 3 atom stereocenters. The summed E-state index contributed by atoms with van der Waals surface area (Å²) in [6.45, 7) is 7.32. The predicted molar refractivity (Wildman–Crippen MR) is 164 cm³/mol. The molecule has 1 aromatic carbocycles. The number of hydrogen-bond acceptors (Lipinski definition) is 5. The summed E-state index contributed by atoms with van der Waals surface area (Å²) in [4.78, 5) is 45.3. The second-order valence-corrected chi connectivity index (χ2v) is 13.5. The van der Waals surface area contributed by atoms with Gasteiger partial charge >= 0.3 is 5.97 Å².